The number of nitrogens with two attached hydrogens (primary N) is 1. The molecule has 110 valence electrons. The molecule has 0 saturated heterocycles. The third kappa shape index (κ3) is 3.11. The maximum Gasteiger partial charge on any atom is 0.266 e. The Morgan fingerprint density at radius 2 is 2.30 bits per heavy atom. The van der Waals surface area contributed by atoms with E-state index in [-0.39, 0.29) is 21.7 Å². The van der Waals surface area contributed by atoms with Gasteiger partial charge in [-0.2, -0.15) is 0 Å². The van der Waals surface area contributed by atoms with E-state index in [2.05, 4.69) is 6.92 Å². The third-order valence-corrected chi connectivity index (χ3v) is 5.29. The number of hydrogen-bond donors (Lipinski definition) is 1. The van der Waals surface area contributed by atoms with Crippen LogP contribution in [0.5, 0.6) is 0 Å². The molecular formula is C13H18N2O3S2. The molecule has 1 aromatic rings. The van der Waals surface area contributed by atoms with Crippen LogP contribution >= 0.6 is 11.3 Å². The van der Waals surface area contributed by atoms with Crippen molar-refractivity contribution in [1.29, 1.82) is 0 Å². The second kappa shape index (κ2) is 6.07. The molecule has 0 bridgehead atoms. The molecule has 1 aliphatic rings. The van der Waals surface area contributed by atoms with Gasteiger partial charge in [0.05, 0.1) is 6.04 Å². The van der Waals surface area contributed by atoms with Crippen molar-refractivity contribution in [1.82, 2.24) is 4.90 Å². The lowest BCUT2D eigenvalue weighted by molar-refractivity contribution is 0.0745. The molecule has 0 saturated carbocycles. The van der Waals surface area contributed by atoms with Crippen molar-refractivity contribution in [3.63, 3.8) is 0 Å². The molecule has 7 heteroatoms. The maximum absolute atomic E-state index is 12.5. The van der Waals surface area contributed by atoms with Gasteiger partial charge in [0.1, 0.15) is 9.77 Å². The number of nitrogens with zero attached hydrogens (tertiary/aromatic N) is 1. The smallest absolute Gasteiger partial charge is 0.266 e. The van der Waals surface area contributed by atoms with Gasteiger partial charge in [0.2, 0.25) is 10.0 Å². The van der Waals surface area contributed by atoms with E-state index < -0.39 is 10.0 Å². The predicted octanol–water partition coefficient (Wildman–Crippen LogP) is 1.97. The average Bonchev–Trinajstić information content (AvgIpc) is 3.03. The largest absolute Gasteiger partial charge is 0.328 e. The van der Waals surface area contributed by atoms with Crippen LogP contribution in [0.3, 0.4) is 0 Å². The second-order valence-electron chi connectivity index (χ2n) is 4.75. The molecule has 2 heterocycles. The minimum atomic E-state index is -3.86. The SMILES string of the molecule is CCCC[C@@H]1C=CCN1C(=O)c1sccc1S(N)(=O)=O. The van der Waals surface area contributed by atoms with E-state index in [1.54, 1.807) is 10.3 Å². The van der Waals surface area contributed by atoms with E-state index in [1.165, 1.54) is 6.07 Å². The van der Waals surface area contributed by atoms with Crippen molar-refractivity contribution in [3.8, 4) is 0 Å². The summed E-state index contributed by atoms with van der Waals surface area (Å²) < 4.78 is 23.0. The molecule has 5 nitrogen and oxygen atoms in total. The summed E-state index contributed by atoms with van der Waals surface area (Å²) in [7, 11) is -3.86. The molecule has 0 aromatic carbocycles. The van der Waals surface area contributed by atoms with Gasteiger partial charge >= 0.3 is 0 Å². The van der Waals surface area contributed by atoms with Gasteiger partial charge in [-0.05, 0) is 17.9 Å². The van der Waals surface area contributed by atoms with Gasteiger partial charge in [-0.3, -0.25) is 4.79 Å². The number of thiophene rings is 1. The lowest BCUT2D eigenvalue weighted by Gasteiger charge is -2.24. The molecule has 20 heavy (non-hydrogen) atoms. The first-order valence-corrected chi connectivity index (χ1v) is 8.95. The molecule has 2 rings (SSSR count). The van der Waals surface area contributed by atoms with Crippen LogP contribution in [-0.2, 0) is 10.0 Å². The number of sulfonamides is 1. The highest BCUT2D eigenvalue weighted by Gasteiger charge is 2.29. The molecule has 1 amide bonds. The molecule has 1 atom stereocenters. The zero-order valence-electron chi connectivity index (χ0n) is 11.3. The Morgan fingerprint density at radius 3 is 2.95 bits per heavy atom. The first-order valence-electron chi connectivity index (χ1n) is 6.53. The Balaban J connectivity index is 2.22. The number of primary sulfonamides is 1. The van der Waals surface area contributed by atoms with Crippen LogP contribution in [-0.4, -0.2) is 31.8 Å². The van der Waals surface area contributed by atoms with Gasteiger partial charge in [0.15, 0.2) is 0 Å². The fraction of sp³-hybridized carbons (Fsp3) is 0.462. The summed E-state index contributed by atoms with van der Waals surface area (Å²) in [5, 5.41) is 6.73. The number of carbonyl (C=O) groups is 1. The van der Waals surface area contributed by atoms with Gasteiger partial charge in [0, 0.05) is 6.54 Å². The Labute approximate surface area is 123 Å². The Bertz CT molecular complexity index is 619. The summed E-state index contributed by atoms with van der Waals surface area (Å²) in [6, 6.07) is 1.44. The topological polar surface area (TPSA) is 80.5 Å². The van der Waals surface area contributed by atoms with Crippen molar-refractivity contribution in [3.05, 3.63) is 28.5 Å². The van der Waals surface area contributed by atoms with Crippen LogP contribution < -0.4 is 5.14 Å². The summed E-state index contributed by atoms with van der Waals surface area (Å²) in [4.78, 5) is 14.4. The molecule has 0 unspecified atom stereocenters. The zero-order chi connectivity index (χ0) is 14.8. The Morgan fingerprint density at radius 1 is 1.55 bits per heavy atom. The lowest BCUT2D eigenvalue weighted by Crippen LogP contribution is -2.36. The van der Waals surface area contributed by atoms with Crippen molar-refractivity contribution in [2.75, 3.05) is 6.54 Å². The van der Waals surface area contributed by atoms with Crippen LogP contribution in [0.4, 0.5) is 0 Å². The van der Waals surface area contributed by atoms with Gasteiger partial charge < -0.3 is 4.90 Å². The fourth-order valence-electron chi connectivity index (χ4n) is 2.28. The molecule has 0 aliphatic carbocycles. The van der Waals surface area contributed by atoms with Crippen LogP contribution in [0.2, 0.25) is 0 Å². The molecule has 0 radical (unpaired) electrons. The number of unbranched alkanes of at least 4 members (excludes halogenated alkanes) is 1. The summed E-state index contributed by atoms with van der Waals surface area (Å²) in [5.74, 6) is -0.255. The summed E-state index contributed by atoms with van der Waals surface area (Å²) in [5.41, 5.74) is 0. The third-order valence-electron chi connectivity index (χ3n) is 3.30. The fourth-order valence-corrected chi connectivity index (χ4v) is 4.20. The second-order valence-corrected chi connectivity index (χ2v) is 7.20. The molecule has 0 fully saturated rings. The van der Waals surface area contributed by atoms with Gasteiger partial charge in [-0.25, -0.2) is 13.6 Å². The first kappa shape index (κ1) is 15.2. The highest BCUT2D eigenvalue weighted by atomic mass is 32.2. The minimum absolute atomic E-state index is 0.0536. The highest BCUT2D eigenvalue weighted by molar-refractivity contribution is 7.89. The van der Waals surface area contributed by atoms with Crippen molar-refractivity contribution < 1.29 is 13.2 Å². The summed E-state index contributed by atoms with van der Waals surface area (Å²) >= 11 is 1.12. The molecule has 1 aromatic heterocycles. The van der Waals surface area contributed by atoms with E-state index in [1.807, 2.05) is 12.2 Å². The number of amides is 1. The van der Waals surface area contributed by atoms with Crippen LogP contribution in [0.25, 0.3) is 0 Å². The number of carbonyl (C=O) groups excluding carboxylic acids is 1. The highest BCUT2D eigenvalue weighted by Crippen LogP contribution is 2.26. The monoisotopic (exact) mass is 314 g/mol. The molecular weight excluding hydrogens is 296 g/mol. The lowest BCUT2D eigenvalue weighted by atomic mass is 10.1. The number of hydrogen-bond acceptors (Lipinski definition) is 4. The van der Waals surface area contributed by atoms with E-state index in [4.69, 9.17) is 5.14 Å². The van der Waals surface area contributed by atoms with Crippen LogP contribution in [0, 0.1) is 0 Å². The van der Waals surface area contributed by atoms with E-state index in [0.29, 0.717) is 6.54 Å². The molecule has 0 spiro atoms. The van der Waals surface area contributed by atoms with E-state index in [0.717, 1.165) is 30.6 Å². The quantitative estimate of drug-likeness (QED) is 0.844. The molecule has 2 N–H and O–H groups in total. The zero-order valence-corrected chi connectivity index (χ0v) is 12.9. The normalized spacial score (nSPS) is 18.7. The van der Waals surface area contributed by atoms with Crippen LogP contribution in [0.1, 0.15) is 35.9 Å². The van der Waals surface area contributed by atoms with Crippen LogP contribution in [0.15, 0.2) is 28.5 Å². The van der Waals surface area contributed by atoms with Gasteiger partial charge in [0.25, 0.3) is 5.91 Å². The summed E-state index contributed by atoms with van der Waals surface area (Å²) in [6.45, 7) is 2.62. The standard InChI is InChI=1S/C13H18N2O3S2/c1-2-3-5-10-6-4-8-15(10)13(16)12-11(7-9-19-12)20(14,17)18/h4,6-7,9-10H,2-3,5,8H2,1H3,(H2,14,17,18)/t10-/m1/s1. The Kier molecular flexibility index (Phi) is 4.62. The van der Waals surface area contributed by atoms with Crippen molar-refractivity contribution in [2.24, 2.45) is 5.14 Å². The van der Waals surface area contributed by atoms with E-state index in [9.17, 15) is 13.2 Å². The minimum Gasteiger partial charge on any atom is -0.328 e. The average molecular weight is 314 g/mol. The Hall–Kier alpha value is -1.18. The summed E-state index contributed by atoms with van der Waals surface area (Å²) in [6.07, 6.45) is 6.95. The number of rotatable bonds is 5. The predicted molar refractivity (Wildman–Crippen MR) is 79.2 cm³/mol. The van der Waals surface area contributed by atoms with E-state index >= 15 is 0 Å². The van der Waals surface area contributed by atoms with Crippen molar-refractivity contribution >= 4 is 27.3 Å². The van der Waals surface area contributed by atoms with Gasteiger partial charge in [-0.1, -0.05) is 31.9 Å². The van der Waals surface area contributed by atoms with Gasteiger partial charge in [-0.15, -0.1) is 11.3 Å². The first-order chi connectivity index (χ1) is 9.45. The molecule has 1 aliphatic heterocycles. The maximum atomic E-state index is 12.5. The van der Waals surface area contributed by atoms with Crippen molar-refractivity contribution in [2.45, 2.75) is 37.1 Å².